The Bertz CT molecular complexity index is 340. The molecule has 130 valence electrons. The van der Waals surface area contributed by atoms with Gasteiger partial charge in [-0.2, -0.15) is 0 Å². The fourth-order valence-electron chi connectivity index (χ4n) is 2.60. The van der Waals surface area contributed by atoms with E-state index in [1.54, 1.807) is 0 Å². The van der Waals surface area contributed by atoms with Gasteiger partial charge >= 0.3 is 6.03 Å². The van der Waals surface area contributed by atoms with Gasteiger partial charge in [-0.05, 0) is 31.6 Å². The fourth-order valence-corrected chi connectivity index (χ4v) is 2.60. The van der Waals surface area contributed by atoms with Gasteiger partial charge in [0.1, 0.15) is 0 Å². The van der Waals surface area contributed by atoms with Crippen LogP contribution in [0.2, 0.25) is 0 Å². The van der Waals surface area contributed by atoms with Crippen LogP contribution in [0.3, 0.4) is 0 Å². The van der Waals surface area contributed by atoms with Crippen LogP contribution in [0.25, 0.3) is 0 Å². The van der Waals surface area contributed by atoms with E-state index in [0.717, 1.165) is 6.42 Å². The van der Waals surface area contributed by atoms with Crippen LogP contribution in [0.5, 0.6) is 0 Å². The van der Waals surface area contributed by atoms with Crippen molar-refractivity contribution in [3.8, 4) is 0 Å². The number of hydrogen-bond acceptors (Lipinski definition) is 4. The van der Waals surface area contributed by atoms with Gasteiger partial charge in [-0.25, -0.2) is 4.79 Å². The molecule has 0 aromatic heterocycles. The zero-order valence-corrected chi connectivity index (χ0v) is 14.3. The molecule has 0 saturated carbocycles. The van der Waals surface area contributed by atoms with Gasteiger partial charge in [-0.1, -0.05) is 20.8 Å². The number of amides is 3. The van der Waals surface area contributed by atoms with Gasteiger partial charge in [0.05, 0.1) is 0 Å². The quantitative estimate of drug-likeness (QED) is 0.374. The molecular formula is C15H33N5O2. The van der Waals surface area contributed by atoms with Crippen LogP contribution in [0.15, 0.2) is 0 Å². The molecule has 1 unspecified atom stereocenters. The maximum Gasteiger partial charge on any atom is 0.312 e. The molecule has 0 aliphatic carbocycles. The summed E-state index contributed by atoms with van der Waals surface area (Å²) in [6.07, 6.45) is 1.69. The Kier molecular flexibility index (Phi) is 9.04. The lowest BCUT2D eigenvalue weighted by atomic mass is 9.77. The molecule has 0 aliphatic rings. The number of carbonyl (C=O) groups is 2. The van der Waals surface area contributed by atoms with Crippen molar-refractivity contribution in [1.29, 1.82) is 0 Å². The van der Waals surface area contributed by atoms with E-state index in [0.29, 0.717) is 25.4 Å². The first-order valence-corrected chi connectivity index (χ1v) is 7.94. The van der Waals surface area contributed by atoms with Crippen LogP contribution in [0.4, 0.5) is 4.79 Å². The van der Waals surface area contributed by atoms with Crippen LogP contribution in [0.1, 0.15) is 47.0 Å². The number of carbonyl (C=O) groups excluding carboxylic acids is 2. The van der Waals surface area contributed by atoms with Gasteiger partial charge in [0, 0.05) is 31.1 Å². The van der Waals surface area contributed by atoms with E-state index < -0.39 is 6.03 Å². The van der Waals surface area contributed by atoms with E-state index in [9.17, 15) is 9.59 Å². The molecular weight excluding hydrogens is 282 g/mol. The predicted octanol–water partition coefficient (Wildman–Crippen LogP) is 0.278. The number of urea groups is 1. The summed E-state index contributed by atoms with van der Waals surface area (Å²) in [6, 6.07) is -0.641. The predicted molar refractivity (Wildman–Crippen MR) is 89.0 cm³/mol. The lowest BCUT2D eigenvalue weighted by Crippen LogP contribution is -2.53. The molecule has 0 spiro atoms. The molecule has 3 atom stereocenters. The Balaban J connectivity index is 4.66. The summed E-state index contributed by atoms with van der Waals surface area (Å²) in [6.45, 7) is 9.50. The van der Waals surface area contributed by atoms with Gasteiger partial charge in [0.25, 0.3) is 0 Å². The number of primary amides is 2. The third kappa shape index (κ3) is 8.19. The molecule has 7 nitrogen and oxygen atoms in total. The van der Waals surface area contributed by atoms with E-state index in [4.69, 9.17) is 17.2 Å². The largest absolute Gasteiger partial charge is 0.370 e. The fraction of sp³-hybridized carbons (Fsp3) is 0.867. The monoisotopic (exact) mass is 315 g/mol. The van der Waals surface area contributed by atoms with Crippen molar-refractivity contribution in [2.24, 2.45) is 29.0 Å². The second kappa shape index (κ2) is 9.63. The molecule has 0 radical (unpaired) electrons. The molecule has 0 heterocycles. The summed E-state index contributed by atoms with van der Waals surface area (Å²) >= 11 is 0. The summed E-state index contributed by atoms with van der Waals surface area (Å²) < 4.78 is 0. The Hall–Kier alpha value is -1.34. The first-order chi connectivity index (χ1) is 10.1. The second-order valence-electron chi connectivity index (χ2n) is 6.57. The van der Waals surface area contributed by atoms with Crippen molar-refractivity contribution >= 4 is 11.9 Å². The topological polar surface area (TPSA) is 136 Å². The highest BCUT2D eigenvalue weighted by Gasteiger charge is 2.31. The molecule has 0 aromatic carbocycles. The van der Waals surface area contributed by atoms with Crippen LogP contribution in [-0.4, -0.2) is 36.6 Å². The molecule has 7 heteroatoms. The van der Waals surface area contributed by atoms with Crippen LogP contribution in [-0.2, 0) is 4.79 Å². The third-order valence-corrected chi connectivity index (χ3v) is 4.30. The maximum atomic E-state index is 11.0. The smallest absolute Gasteiger partial charge is 0.312 e. The summed E-state index contributed by atoms with van der Waals surface area (Å²) in [7, 11) is 0. The highest BCUT2D eigenvalue weighted by molar-refractivity contribution is 5.73. The summed E-state index contributed by atoms with van der Waals surface area (Å²) in [5.74, 6) is 0.342. The second-order valence-corrected chi connectivity index (χ2v) is 6.57. The Morgan fingerprint density at radius 3 is 2.18 bits per heavy atom. The van der Waals surface area contributed by atoms with Crippen LogP contribution >= 0.6 is 0 Å². The number of nitrogens with one attached hydrogen (secondary N) is 2. The van der Waals surface area contributed by atoms with Crippen LogP contribution in [0, 0.1) is 11.8 Å². The zero-order chi connectivity index (χ0) is 17.3. The van der Waals surface area contributed by atoms with Crippen LogP contribution < -0.4 is 27.8 Å². The van der Waals surface area contributed by atoms with Gasteiger partial charge in [0.15, 0.2) is 0 Å². The van der Waals surface area contributed by atoms with Crippen molar-refractivity contribution in [3.63, 3.8) is 0 Å². The lowest BCUT2D eigenvalue weighted by Gasteiger charge is -2.37. The Labute approximate surface area is 133 Å². The average molecular weight is 315 g/mol. The van der Waals surface area contributed by atoms with E-state index in [2.05, 4.69) is 38.3 Å². The Morgan fingerprint density at radius 2 is 1.77 bits per heavy atom. The van der Waals surface area contributed by atoms with Gasteiger partial charge in [-0.15, -0.1) is 0 Å². The number of hydrogen-bond donors (Lipinski definition) is 5. The molecule has 0 rings (SSSR count). The lowest BCUT2D eigenvalue weighted by molar-refractivity contribution is -0.118. The van der Waals surface area contributed by atoms with E-state index in [1.807, 2.05) is 0 Å². The molecule has 0 fully saturated rings. The van der Waals surface area contributed by atoms with Gasteiger partial charge < -0.3 is 27.8 Å². The van der Waals surface area contributed by atoms with E-state index >= 15 is 0 Å². The minimum absolute atomic E-state index is 0.0612. The molecule has 8 N–H and O–H groups in total. The standard InChI is InChI=1S/C15H33N5O2/c1-5-15(4,18)12(10(2)3)9-19-11(6-7-13(16)21)8-20-14(17)22/h10-12,19H,5-9,18H2,1-4H3,(H2,16,21)(H3,17,20,22)/t11?,12-,15+/m1/s1. The van der Waals surface area contributed by atoms with Gasteiger partial charge in [0.2, 0.25) is 5.91 Å². The van der Waals surface area contributed by atoms with Crippen molar-refractivity contribution in [1.82, 2.24) is 10.6 Å². The molecule has 0 aromatic rings. The maximum absolute atomic E-state index is 11.0. The molecule has 0 bridgehead atoms. The first kappa shape index (κ1) is 20.7. The minimum atomic E-state index is -0.580. The molecule has 0 saturated heterocycles. The molecule has 22 heavy (non-hydrogen) atoms. The summed E-state index contributed by atoms with van der Waals surface area (Å²) in [5.41, 5.74) is 16.4. The summed E-state index contributed by atoms with van der Waals surface area (Å²) in [4.78, 5) is 21.8. The number of rotatable bonds is 11. The highest BCUT2D eigenvalue weighted by atomic mass is 16.2. The average Bonchev–Trinajstić information content (AvgIpc) is 2.40. The first-order valence-electron chi connectivity index (χ1n) is 7.94. The van der Waals surface area contributed by atoms with E-state index in [1.165, 1.54) is 0 Å². The SMILES string of the molecule is CC[C@](C)(N)[C@H](CNC(CCC(N)=O)CNC(N)=O)C(C)C. The zero-order valence-electron chi connectivity index (χ0n) is 14.3. The Morgan fingerprint density at radius 1 is 1.18 bits per heavy atom. The molecule has 3 amide bonds. The minimum Gasteiger partial charge on any atom is -0.370 e. The molecule has 0 aliphatic heterocycles. The van der Waals surface area contributed by atoms with E-state index in [-0.39, 0.29) is 29.8 Å². The van der Waals surface area contributed by atoms with Crippen molar-refractivity contribution < 1.29 is 9.59 Å². The normalized spacial score (nSPS) is 16.8. The summed E-state index contributed by atoms with van der Waals surface area (Å²) in [5, 5.41) is 5.96. The van der Waals surface area contributed by atoms with Crippen molar-refractivity contribution in [2.75, 3.05) is 13.1 Å². The van der Waals surface area contributed by atoms with Gasteiger partial charge in [-0.3, -0.25) is 4.79 Å². The highest BCUT2D eigenvalue weighted by Crippen LogP contribution is 2.25. The van der Waals surface area contributed by atoms with Crippen molar-refractivity contribution in [2.45, 2.75) is 58.5 Å². The van der Waals surface area contributed by atoms with Crippen molar-refractivity contribution in [3.05, 3.63) is 0 Å². The third-order valence-electron chi connectivity index (χ3n) is 4.30. The number of nitrogens with two attached hydrogens (primary N) is 3.